The maximum Gasteiger partial charge on any atom is 0.318 e. The van der Waals surface area contributed by atoms with Gasteiger partial charge in [0.1, 0.15) is 17.1 Å². The lowest BCUT2D eigenvalue weighted by Crippen LogP contribution is -2.47. The van der Waals surface area contributed by atoms with Crippen LogP contribution in [0.3, 0.4) is 0 Å². The van der Waals surface area contributed by atoms with Crippen LogP contribution in [-0.2, 0) is 29.3 Å². The molecular weight excluding hydrogens is 276 g/mol. The molecule has 0 saturated heterocycles. The normalized spacial score (nSPS) is 25.2. The molecule has 2 rings (SSSR count). The Kier molecular flexibility index (Phi) is 4.30. The average Bonchev–Trinajstić information content (AvgIpc) is 2.55. The van der Waals surface area contributed by atoms with Crippen LogP contribution in [-0.4, -0.2) is 42.1 Å². The number of carbonyl (C=O) groups excluding carboxylic acids is 3. The molecule has 7 nitrogen and oxygen atoms in total. The fourth-order valence-electron chi connectivity index (χ4n) is 2.71. The molecule has 2 atom stereocenters. The topological polar surface area (TPSA) is 95.5 Å². The minimum absolute atomic E-state index is 0.0100. The molecule has 1 saturated carbocycles. The standard InChI is InChI=1S/C14H16N2O5/c1-20-12(18)9-8-14(13(19)21-2,6-5-10(9)17)11-4-3-7-15-16-11/h3-4,7,9H,5-6,8H2,1-2H3. The van der Waals surface area contributed by atoms with Gasteiger partial charge in [-0.05, 0) is 25.0 Å². The van der Waals surface area contributed by atoms with Crippen molar-refractivity contribution < 1.29 is 23.9 Å². The quantitative estimate of drug-likeness (QED) is 0.588. The van der Waals surface area contributed by atoms with Crippen molar-refractivity contribution in [1.82, 2.24) is 10.2 Å². The largest absolute Gasteiger partial charge is 0.468 e. The van der Waals surface area contributed by atoms with E-state index in [2.05, 4.69) is 14.9 Å². The van der Waals surface area contributed by atoms with Crippen LogP contribution < -0.4 is 0 Å². The lowest BCUT2D eigenvalue weighted by atomic mass is 9.67. The highest BCUT2D eigenvalue weighted by molar-refractivity contribution is 6.01. The third kappa shape index (κ3) is 2.63. The molecule has 112 valence electrons. The van der Waals surface area contributed by atoms with E-state index in [1.807, 2.05) is 0 Å². The summed E-state index contributed by atoms with van der Waals surface area (Å²) in [4.78, 5) is 36.0. The molecule has 0 aliphatic heterocycles. The van der Waals surface area contributed by atoms with Gasteiger partial charge in [0.15, 0.2) is 0 Å². The first kappa shape index (κ1) is 15.1. The van der Waals surface area contributed by atoms with Gasteiger partial charge in [-0.15, -0.1) is 0 Å². The number of esters is 2. The van der Waals surface area contributed by atoms with Crippen LogP contribution in [0.25, 0.3) is 0 Å². The van der Waals surface area contributed by atoms with E-state index >= 15 is 0 Å². The Bertz CT molecular complexity index is 552. The smallest absolute Gasteiger partial charge is 0.318 e. The van der Waals surface area contributed by atoms with Crippen molar-refractivity contribution in [2.24, 2.45) is 5.92 Å². The molecule has 0 radical (unpaired) electrons. The number of ketones is 1. The van der Waals surface area contributed by atoms with Gasteiger partial charge in [-0.1, -0.05) is 0 Å². The summed E-state index contributed by atoms with van der Waals surface area (Å²) in [5.74, 6) is -2.38. The van der Waals surface area contributed by atoms with Crippen molar-refractivity contribution in [3.63, 3.8) is 0 Å². The third-order valence-corrected chi connectivity index (χ3v) is 3.86. The maximum atomic E-state index is 12.3. The Balaban J connectivity index is 2.44. The lowest BCUT2D eigenvalue weighted by Gasteiger charge is -2.35. The third-order valence-electron chi connectivity index (χ3n) is 3.86. The van der Waals surface area contributed by atoms with Crippen molar-refractivity contribution >= 4 is 17.7 Å². The van der Waals surface area contributed by atoms with Crippen LogP contribution in [0.2, 0.25) is 0 Å². The fourth-order valence-corrected chi connectivity index (χ4v) is 2.71. The number of Topliss-reactive ketones (excluding diaryl/α,β-unsaturated/α-hetero) is 1. The van der Waals surface area contributed by atoms with Crippen molar-refractivity contribution in [2.75, 3.05) is 14.2 Å². The van der Waals surface area contributed by atoms with Crippen LogP contribution in [0.4, 0.5) is 0 Å². The summed E-state index contributed by atoms with van der Waals surface area (Å²) < 4.78 is 9.53. The highest BCUT2D eigenvalue weighted by Crippen LogP contribution is 2.41. The first-order valence-electron chi connectivity index (χ1n) is 6.52. The van der Waals surface area contributed by atoms with Crippen molar-refractivity contribution in [1.29, 1.82) is 0 Å². The predicted octanol–water partition coefficient (Wildman–Crippen LogP) is 0.430. The van der Waals surface area contributed by atoms with E-state index in [1.165, 1.54) is 20.4 Å². The van der Waals surface area contributed by atoms with E-state index in [0.717, 1.165) is 0 Å². The zero-order valence-corrected chi connectivity index (χ0v) is 11.9. The van der Waals surface area contributed by atoms with Crippen LogP contribution in [0.5, 0.6) is 0 Å². The van der Waals surface area contributed by atoms with E-state index in [1.54, 1.807) is 12.1 Å². The zero-order chi connectivity index (χ0) is 15.5. The van der Waals surface area contributed by atoms with Gasteiger partial charge in [-0.2, -0.15) is 10.2 Å². The summed E-state index contributed by atoms with van der Waals surface area (Å²) >= 11 is 0. The Morgan fingerprint density at radius 3 is 2.67 bits per heavy atom. The molecule has 1 aliphatic rings. The highest BCUT2D eigenvalue weighted by Gasteiger charge is 2.51. The molecule has 1 aliphatic carbocycles. The van der Waals surface area contributed by atoms with Gasteiger partial charge in [0.25, 0.3) is 0 Å². The Morgan fingerprint density at radius 2 is 2.10 bits per heavy atom. The van der Waals surface area contributed by atoms with E-state index in [0.29, 0.717) is 5.69 Å². The van der Waals surface area contributed by atoms with Crippen molar-refractivity contribution in [3.8, 4) is 0 Å². The summed E-state index contributed by atoms with van der Waals surface area (Å²) in [5.41, 5.74) is -0.742. The number of nitrogens with zero attached hydrogens (tertiary/aromatic N) is 2. The summed E-state index contributed by atoms with van der Waals surface area (Å²) in [6.45, 7) is 0. The molecule has 0 spiro atoms. The van der Waals surface area contributed by atoms with Gasteiger partial charge in [-0.3, -0.25) is 14.4 Å². The number of methoxy groups -OCH3 is 2. The van der Waals surface area contributed by atoms with E-state index < -0.39 is 23.3 Å². The van der Waals surface area contributed by atoms with Gasteiger partial charge < -0.3 is 9.47 Å². The highest BCUT2D eigenvalue weighted by atomic mass is 16.5. The second-order valence-electron chi connectivity index (χ2n) is 4.93. The second kappa shape index (κ2) is 5.99. The minimum Gasteiger partial charge on any atom is -0.468 e. The monoisotopic (exact) mass is 292 g/mol. The molecular formula is C14H16N2O5. The Hall–Kier alpha value is -2.31. The van der Waals surface area contributed by atoms with Crippen molar-refractivity contribution in [2.45, 2.75) is 24.7 Å². The molecule has 1 fully saturated rings. The molecule has 7 heteroatoms. The molecule has 1 aromatic heterocycles. The van der Waals surface area contributed by atoms with Gasteiger partial charge >= 0.3 is 11.9 Å². The summed E-state index contributed by atoms with van der Waals surface area (Å²) in [6, 6.07) is 3.30. The number of aromatic nitrogens is 2. The Labute approximate surface area is 121 Å². The SMILES string of the molecule is COC(=O)C1CC(C(=O)OC)(c2cccnn2)CCC1=O. The lowest BCUT2D eigenvalue weighted by molar-refractivity contribution is -0.157. The molecule has 1 heterocycles. The van der Waals surface area contributed by atoms with Crippen LogP contribution in [0.15, 0.2) is 18.3 Å². The zero-order valence-electron chi connectivity index (χ0n) is 11.9. The summed E-state index contributed by atoms with van der Waals surface area (Å²) in [7, 11) is 2.48. The van der Waals surface area contributed by atoms with Gasteiger partial charge in [-0.25, -0.2) is 0 Å². The van der Waals surface area contributed by atoms with Crippen LogP contribution in [0, 0.1) is 5.92 Å². The first-order chi connectivity index (χ1) is 10.0. The molecule has 1 aromatic rings. The first-order valence-corrected chi connectivity index (χ1v) is 6.52. The van der Waals surface area contributed by atoms with E-state index in [4.69, 9.17) is 4.74 Å². The predicted molar refractivity (Wildman–Crippen MR) is 70.1 cm³/mol. The van der Waals surface area contributed by atoms with Crippen LogP contribution >= 0.6 is 0 Å². The molecule has 21 heavy (non-hydrogen) atoms. The molecule has 0 amide bonds. The molecule has 0 N–H and O–H groups in total. The number of hydrogen-bond acceptors (Lipinski definition) is 7. The van der Waals surface area contributed by atoms with Gasteiger partial charge in [0.05, 0.1) is 19.9 Å². The van der Waals surface area contributed by atoms with E-state index in [9.17, 15) is 14.4 Å². The number of ether oxygens (including phenoxy) is 2. The average molecular weight is 292 g/mol. The maximum absolute atomic E-state index is 12.3. The number of carbonyl (C=O) groups is 3. The van der Waals surface area contributed by atoms with Gasteiger partial charge in [0.2, 0.25) is 0 Å². The summed E-state index contributed by atoms with van der Waals surface area (Å²) in [5, 5.41) is 7.75. The minimum atomic E-state index is -1.14. The van der Waals surface area contributed by atoms with E-state index in [-0.39, 0.29) is 25.0 Å². The number of rotatable bonds is 3. The molecule has 0 bridgehead atoms. The molecule has 0 aromatic carbocycles. The van der Waals surface area contributed by atoms with Gasteiger partial charge in [0, 0.05) is 12.6 Å². The second-order valence-corrected chi connectivity index (χ2v) is 4.93. The summed E-state index contributed by atoms with van der Waals surface area (Å²) in [6.07, 6.45) is 1.81. The Morgan fingerprint density at radius 1 is 1.33 bits per heavy atom. The fraction of sp³-hybridized carbons (Fsp3) is 0.500. The number of hydrogen-bond donors (Lipinski definition) is 0. The van der Waals surface area contributed by atoms with Crippen molar-refractivity contribution in [3.05, 3.63) is 24.0 Å². The van der Waals surface area contributed by atoms with Crippen LogP contribution in [0.1, 0.15) is 25.0 Å². The molecule has 2 unspecified atom stereocenters.